The molecule has 0 aromatic heterocycles. The van der Waals surface area contributed by atoms with E-state index < -0.39 is 77.6 Å². The molecule has 1 aromatic carbocycles. The first-order valence-electron chi connectivity index (χ1n) is 20.6. The minimum atomic E-state index is -3.52. The van der Waals surface area contributed by atoms with Crippen molar-refractivity contribution in [3.8, 4) is 0 Å². The predicted octanol–water partition coefficient (Wildman–Crippen LogP) is 7.14. The Bertz CT molecular complexity index is 1570. The molecular weight excluding hydrogens is 765 g/mol. The fourth-order valence-electron chi connectivity index (χ4n) is 6.28. The number of benzene rings is 1. The molecule has 13 nitrogen and oxygen atoms in total. The summed E-state index contributed by atoms with van der Waals surface area (Å²) in [7, 11) is -5.94. The van der Waals surface area contributed by atoms with Crippen LogP contribution >= 0.6 is 0 Å². The van der Waals surface area contributed by atoms with Crippen LogP contribution < -0.4 is 16.0 Å². The van der Waals surface area contributed by atoms with E-state index in [-0.39, 0.29) is 41.8 Å². The fourth-order valence-corrected chi connectivity index (χ4v) is 9.33. The van der Waals surface area contributed by atoms with E-state index in [1.165, 1.54) is 0 Å². The maximum atomic E-state index is 15.1. The van der Waals surface area contributed by atoms with E-state index in [0.717, 1.165) is 12.0 Å². The van der Waals surface area contributed by atoms with Crippen molar-refractivity contribution >= 4 is 42.2 Å². The summed E-state index contributed by atoms with van der Waals surface area (Å²) in [6.45, 7) is 25.7. The molecule has 0 bridgehead atoms. The molecule has 326 valence electrons. The topological polar surface area (TPSA) is 169 Å². The molecule has 1 aromatic rings. The molecule has 1 heterocycles. The van der Waals surface area contributed by atoms with Gasteiger partial charge in [0.1, 0.15) is 23.3 Å². The van der Waals surface area contributed by atoms with Crippen LogP contribution in [0.3, 0.4) is 0 Å². The number of nitrogens with one attached hydrogen (secondary N) is 3. The normalized spacial score (nSPS) is 19.0. The maximum absolute atomic E-state index is 15.1. The van der Waals surface area contributed by atoms with E-state index in [4.69, 9.17) is 13.9 Å². The summed E-state index contributed by atoms with van der Waals surface area (Å²) in [5, 5.41) is 8.34. The summed E-state index contributed by atoms with van der Waals surface area (Å²) in [5.74, 6) is -1.53. The van der Waals surface area contributed by atoms with Gasteiger partial charge in [0.2, 0.25) is 11.8 Å². The number of sulfone groups is 1. The molecule has 2 rings (SSSR count). The van der Waals surface area contributed by atoms with Crippen LogP contribution in [-0.2, 0) is 39.7 Å². The minimum absolute atomic E-state index is 0.0351. The van der Waals surface area contributed by atoms with Crippen LogP contribution in [0.15, 0.2) is 30.3 Å². The molecule has 3 N–H and O–H groups in total. The third-order valence-corrected chi connectivity index (χ3v) is 16.8. The highest BCUT2D eigenvalue weighted by Crippen LogP contribution is 2.39. The highest BCUT2D eigenvalue weighted by atomic mass is 32.2. The number of alkyl carbamates (subject to hydrolysis) is 2. The van der Waals surface area contributed by atoms with Gasteiger partial charge in [0.25, 0.3) is 0 Å². The van der Waals surface area contributed by atoms with Gasteiger partial charge in [0.05, 0.1) is 23.7 Å². The zero-order valence-electron chi connectivity index (χ0n) is 37.1. The standard InChI is InChI=1S/C42H74N4O9SSi/c1-14-30(2)35(45-39(50)54-41(6,7)8)36(47)44-32(28-31-22-18-17-19-23-31)37(48)46(26-21-16-15-20-25-43-38(49)53-40(3,4)5)33-29-56(51,52)27-24-34(33)55-57(12,13)42(9,10)11/h17-19,22-23,30,32-35H,14-16,20-21,24-29H2,1-13H3,(H,43,49)(H,44,47)(H,45,50)/t30-,32-,33?,34-,35+/m0/s1. The number of carbonyl (C=O) groups excluding carboxylic acids is 4. The summed E-state index contributed by atoms with van der Waals surface area (Å²) in [4.78, 5) is 56.0. The van der Waals surface area contributed by atoms with E-state index in [0.29, 0.717) is 32.2 Å². The lowest BCUT2D eigenvalue weighted by Gasteiger charge is -2.46. The Morgan fingerprint density at radius 2 is 1.44 bits per heavy atom. The molecular formula is C42H74N4O9SSi. The highest BCUT2D eigenvalue weighted by Gasteiger charge is 2.46. The number of hydrogen-bond donors (Lipinski definition) is 3. The molecule has 1 aliphatic heterocycles. The third kappa shape index (κ3) is 17.7. The van der Waals surface area contributed by atoms with Crippen molar-refractivity contribution in [1.29, 1.82) is 0 Å². The van der Waals surface area contributed by atoms with E-state index in [9.17, 15) is 22.8 Å². The van der Waals surface area contributed by atoms with Gasteiger partial charge in [-0.25, -0.2) is 18.0 Å². The Balaban J connectivity index is 2.51. The van der Waals surface area contributed by atoms with Crippen molar-refractivity contribution in [2.24, 2.45) is 5.92 Å². The smallest absolute Gasteiger partial charge is 0.408 e. The summed E-state index contributed by atoms with van der Waals surface area (Å²) in [6.07, 6.45) is 1.93. The molecule has 5 atom stereocenters. The van der Waals surface area contributed by atoms with Crippen LogP contribution in [0, 0.1) is 5.92 Å². The zero-order chi connectivity index (χ0) is 43.4. The van der Waals surface area contributed by atoms with Crippen molar-refractivity contribution < 1.29 is 41.5 Å². The molecule has 57 heavy (non-hydrogen) atoms. The zero-order valence-corrected chi connectivity index (χ0v) is 38.9. The monoisotopic (exact) mass is 838 g/mol. The first-order valence-corrected chi connectivity index (χ1v) is 25.4. The van der Waals surface area contributed by atoms with Gasteiger partial charge in [-0.15, -0.1) is 0 Å². The van der Waals surface area contributed by atoms with Gasteiger partial charge in [0.15, 0.2) is 18.2 Å². The molecule has 0 spiro atoms. The van der Waals surface area contributed by atoms with Crippen molar-refractivity contribution in [2.75, 3.05) is 24.6 Å². The third-order valence-electron chi connectivity index (χ3n) is 10.6. The number of nitrogens with zero attached hydrogens (tertiary/aromatic N) is 1. The highest BCUT2D eigenvalue weighted by molar-refractivity contribution is 7.91. The van der Waals surface area contributed by atoms with Gasteiger partial charge >= 0.3 is 12.2 Å². The lowest BCUT2D eigenvalue weighted by molar-refractivity contribution is -0.140. The molecule has 4 amide bonds. The van der Waals surface area contributed by atoms with Gasteiger partial charge in [-0.3, -0.25) is 9.59 Å². The van der Waals surface area contributed by atoms with Gasteiger partial charge < -0.3 is 34.8 Å². The van der Waals surface area contributed by atoms with E-state index in [2.05, 4.69) is 49.8 Å². The second-order valence-corrected chi connectivity index (χ2v) is 26.0. The number of ether oxygens (including phenoxy) is 2. The van der Waals surface area contributed by atoms with Crippen LogP contribution in [0.4, 0.5) is 9.59 Å². The second-order valence-electron chi connectivity index (χ2n) is 19.0. The van der Waals surface area contributed by atoms with Crippen molar-refractivity contribution in [2.45, 2.75) is 175 Å². The Morgan fingerprint density at radius 3 is 2.00 bits per heavy atom. The summed E-state index contributed by atoms with van der Waals surface area (Å²) in [5.41, 5.74) is -0.579. The summed E-state index contributed by atoms with van der Waals surface area (Å²) >= 11 is 0. The van der Waals surface area contributed by atoms with E-state index in [1.807, 2.05) is 44.2 Å². The number of rotatable bonds is 18. The number of unbranched alkanes of at least 4 members (excludes halogenated alkanes) is 3. The Hall–Kier alpha value is -3.17. The Labute approximate surface area is 344 Å². The quantitative estimate of drug-likeness (QED) is 0.103. The largest absolute Gasteiger partial charge is 0.444 e. The Morgan fingerprint density at radius 1 is 0.860 bits per heavy atom. The molecule has 0 radical (unpaired) electrons. The van der Waals surface area contributed by atoms with E-state index >= 15 is 4.79 Å². The molecule has 0 aliphatic carbocycles. The predicted molar refractivity (Wildman–Crippen MR) is 228 cm³/mol. The fraction of sp³-hybridized carbons (Fsp3) is 0.762. The molecule has 15 heteroatoms. The average molecular weight is 839 g/mol. The van der Waals surface area contributed by atoms with Crippen molar-refractivity contribution in [1.82, 2.24) is 20.9 Å². The van der Waals surface area contributed by atoms with Crippen LogP contribution in [0.5, 0.6) is 0 Å². The summed E-state index contributed by atoms with van der Waals surface area (Å²) in [6, 6.07) is 6.48. The van der Waals surface area contributed by atoms with Crippen LogP contribution in [0.25, 0.3) is 0 Å². The minimum Gasteiger partial charge on any atom is -0.444 e. The Kier molecular flexibility index (Phi) is 18.6. The average Bonchev–Trinajstić information content (AvgIpc) is 3.06. The SMILES string of the molecule is CC[C@H](C)[C@@H](NC(=O)OC(C)(C)C)C(=O)N[C@@H](Cc1ccccc1)C(=O)N(CCCCCCNC(=O)OC(C)(C)C)C1CS(=O)(=O)CC[C@@H]1O[Si](C)(C)C(C)(C)C. The van der Waals surface area contributed by atoms with Gasteiger partial charge in [-0.1, -0.05) is 84.2 Å². The van der Waals surface area contributed by atoms with Crippen molar-refractivity contribution in [3.05, 3.63) is 35.9 Å². The van der Waals surface area contributed by atoms with Gasteiger partial charge in [-0.2, -0.15) is 0 Å². The number of carbonyl (C=O) groups is 4. The maximum Gasteiger partial charge on any atom is 0.408 e. The molecule has 1 unspecified atom stereocenters. The van der Waals surface area contributed by atoms with Crippen LogP contribution in [0.1, 0.15) is 120 Å². The van der Waals surface area contributed by atoms with Crippen LogP contribution in [0.2, 0.25) is 18.1 Å². The first kappa shape index (κ1) is 50.0. The molecule has 1 aliphatic rings. The molecule has 1 fully saturated rings. The van der Waals surface area contributed by atoms with Crippen LogP contribution in [-0.4, -0.2) is 106 Å². The molecule has 1 saturated heterocycles. The molecule has 0 saturated carbocycles. The second kappa shape index (κ2) is 21.2. The van der Waals surface area contributed by atoms with E-state index in [1.54, 1.807) is 46.4 Å². The van der Waals surface area contributed by atoms with Gasteiger partial charge in [-0.05, 0) is 90.4 Å². The lowest BCUT2D eigenvalue weighted by Crippen LogP contribution is -2.62. The first-order chi connectivity index (χ1) is 26.1. The lowest BCUT2D eigenvalue weighted by atomic mass is 9.96. The van der Waals surface area contributed by atoms with Gasteiger partial charge in [0, 0.05) is 19.5 Å². The summed E-state index contributed by atoms with van der Waals surface area (Å²) < 4.78 is 44.5. The number of amides is 4. The van der Waals surface area contributed by atoms with Crippen molar-refractivity contribution in [3.63, 3.8) is 0 Å². The number of hydrogen-bond acceptors (Lipinski definition) is 9.